The summed E-state index contributed by atoms with van der Waals surface area (Å²) < 4.78 is 23.8. The maximum atomic E-state index is 10.9. The minimum Gasteiger partial charge on any atom is -0.545 e. The Labute approximate surface area is 195 Å². The smallest absolute Gasteiger partial charge is 0.545 e. The molecule has 0 aliphatic heterocycles. The molecule has 10 heteroatoms. The number of carboxylic acid groups (broad SMARTS) is 2. The first-order chi connectivity index (χ1) is 7.69. The second-order valence-corrected chi connectivity index (χ2v) is 5.00. The maximum absolute atomic E-state index is 10.9. The summed E-state index contributed by atoms with van der Waals surface area (Å²) in [4.78, 5) is 21.2. The van der Waals surface area contributed by atoms with Crippen LogP contribution >= 0.6 is 0 Å². The van der Waals surface area contributed by atoms with Crippen LogP contribution in [0.2, 0.25) is 0 Å². The van der Waals surface area contributed by atoms with Gasteiger partial charge >= 0.3 is 103 Å². The second-order valence-electron chi connectivity index (χ2n) is 3.25. The third-order valence-electron chi connectivity index (χ3n) is 1.71. The molecule has 0 atom stereocenters. The summed E-state index contributed by atoms with van der Waals surface area (Å²) in [6.45, 7) is 0. The van der Waals surface area contributed by atoms with Crippen molar-refractivity contribution < 1.29 is 131 Å². The summed E-state index contributed by atoms with van der Waals surface area (Å²) in [5.74, 6) is -3.24. The molecule has 0 bridgehead atoms. The summed E-state index contributed by atoms with van der Waals surface area (Å²) in [5.41, 5.74) is -1.11. The van der Waals surface area contributed by atoms with Crippen molar-refractivity contribution in [2.24, 2.45) is 0 Å². The Morgan fingerprint density at radius 2 is 1.37 bits per heavy atom. The van der Waals surface area contributed by atoms with E-state index >= 15 is 0 Å². The molecule has 1 rings (SSSR count). The number of carbonyl (C=O) groups excluding carboxylic acids is 2. The number of benzene rings is 1. The zero-order chi connectivity index (χ0) is 13.2. The van der Waals surface area contributed by atoms with Gasteiger partial charge in [-0.3, -0.25) is 4.72 Å². The summed E-state index contributed by atoms with van der Waals surface area (Å²) in [5, 5.41) is 21.2. The number of carbonyl (C=O) groups is 2. The van der Waals surface area contributed by atoms with E-state index in [2.05, 4.69) is 0 Å². The van der Waals surface area contributed by atoms with Crippen molar-refractivity contribution >= 4 is 27.6 Å². The maximum Gasteiger partial charge on any atom is 1.00 e. The molecule has 0 heterocycles. The first-order valence-corrected chi connectivity index (χ1v) is 6.14. The average Bonchev–Trinajstić information content (AvgIpc) is 2.14. The Hall–Kier alpha value is 1.18. The van der Waals surface area contributed by atoms with Crippen LogP contribution in [0.4, 0.5) is 5.69 Å². The number of hydrogen-bond acceptors (Lipinski definition) is 6. The van der Waals surface area contributed by atoms with Gasteiger partial charge in [-0.05, 0) is 29.3 Å². The van der Waals surface area contributed by atoms with E-state index in [-0.39, 0.29) is 108 Å². The number of anilines is 1. The Morgan fingerprint density at radius 1 is 1.00 bits per heavy atom. The number of carboxylic acids is 2. The fourth-order valence-electron chi connectivity index (χ4n) is 1.14. The Morgan fingerprint density at radius 3 is 1.63 bits per heavy atom. The minimum absolute atomic E-state index is 0. The predicted molar refractivity (Wildman–Crippen MR) is 53.6 cm³/mol. The normalized spacial score (nSPS) is 9.74. The van der Waals surface area contributed by atoms with E-state index in [1.807, 2.05) is 4.72 Å². The third kappa shape index (κ3) is 8.26. The fourth-order valence-corrected chi connectivity index (χ4v) is 1.68. The van der Waals surface area contributed by atoms with E-state index in [9.17, 15) is 28.2 Å². The predicted octanol–water partition coefficient (Wildman–Crippen LogP) is -8.21. The Bertz CT molecular complexity index is 554. The van der Waals surface area contributed by atoms with Crippen molar-refractivity contribution in [1.29, 1.82) is 0 Å². The van der Waals surface area contributed by atoms with E-state index in [0.717, 1.165) is 24.5 Å². The quantitative estimate of drug-likeness (QED) is 0.545. The second kappa shape index (κ2) is 9.25. The van der Waals surface area contributed by atoms with Crippen molar-refractivity contribution in [3.05, 3.63) is 29.3 Å². The number of aromatic carboxylic acids is 2. The number of rotatable bonds is 4. The first kappa shape index (κ1) is 22.5. The van der Waals surface area contributed by atoms with Crippen LogP contribution in [0.3, 0.4) is 0 Å². The van der Waals surface area contributed by atoms with E-state index in [1.54, 1.807) is 0 Å². The van der Waals surface area contributed by atoms with Crippen LogP contribution in [0.5, 0.6) is 0 Å². The zero-order valence-corrected chi connectivity index (χ0v) is 17.7. The SMILES string of the molecule is CS(=O)(=O)Nc1cc(C(=O)[O-])cc(C(=O)[O-])c1.[K+].[K+]. The van der Waals surface area contributed by atoms with Gasteiger partial charge in [-0.15, -0.1) is 0 Å². The Kier molecular flexibility index (Phi) is 10.9. The molecule has 0 unspecified atom stereocenters. The molecule has 19 heavy (non-hydrogen) atoms. The van der Waals surface area contributed by atoms with Crippen LogP contribution < -0.4 is 118 Å². The molecule has 0 aliphatic rings. The molecule has 0 aliphatic carbocycles. The van der Waals surface area contributed by atoms with Gasteiger partial charge in [0.2, 0.25) is 10.0 Å². The molecule has 0 spiro atoms. The molecule has 1 aromatic carbocycles. The van der Waals surface area contributed by atoms with Gasteiger partial charge in [0, 0.05) is 5.69 Å². The van der Waals surface area contributed by atoms with Gasteiger partial charge in [-0.2, -0.15) is 0 Å². The summed E-state index contributed by atoms with van der Waals surface area (Å²) in [6, 6.07) is 2.71. The Balaban J connectivity index is 0. The van der Waals surface area contributed by atoms with E-state index in [4.69, 9.17) is 0 Å². The molecule has 0 fully saturated rings. The molecule has 1 N–H and O–H groups in total. The van der Waals surface area contributed by atoms with Crippen LogP contribution in [0.15, 0.2) is 18.2 Å². The van der Waals surface area contributed by atoms with Gasteiger partial charge in [0.1, 0.15) is 0 Å². The zero-order valence-electron chi connectivity index (χ0n) is 10.6. The van der Waals surface area contributed by atoms with Crippen LogP contribution in [-0.2, 0) is 10.0 Å². The standard InChI is InChI=1S/C9H9NO6S.2K/c1-17(15,16)10-7-3-5(8(11)12)2-6(4-7)9(13)14;;/h2-4,10H,1H3,(H,11,12)(H,13,14);;/q;2*+1/p-2. The topological polar surface area (TPSA) is 126 Å². The van der Waals surface area contributed by atoms with Crippen molar-refractivity contribution in [2.45, 2.75) is 0 Å². The minimum atomic E-state index is -3.64. The molecule has 7 nitrogen and oxygen atoms in total. The monoisotopic (exact) mass is 335 g/mol. The van der Waals surface area contributed by atoms with Crippen LogP contribution in [0, 0.1) is 0 Å². The summed E-state index contributed by atoms with van der Waals surface area (Å²) >= 11 is 0. The molecule has 0 amide bonds. The van der Waals surface area contributed by atoms with E-state index < -0.39 is 33.1 Å². The van der Waals surface area contributed by atoms with Crippen molar-refractivity contribution in [3.8, 4) is 0 Å². The van der Waals surface area contributed by atoms with E-state index in [1.165, 1.54) is 0 Å². The molecule has 0 aromatic heterocycles. The molecular formula is C9H7K2NO6S. The van der Waals surface area contributed by atoms with Gasteiger partial charge in [-0.1, -0.05) is 0 Å². The summed E-state index contributed by atoms with van der Waals surface area (Å²) in [7, 11) is -3.64. The number of nitrogens with one attached hydrogen (secondary N) is 1. The molecule has 92 valence electrons. The third-order valence-corrected chi connectivity index (χ3v) is 2.31. The first-order valence-electron chi connectivity index (χ1n) is 4.24. The van der Waals surface area contributed by atoms with Gasteiger partial charge in [-0.25, -0.2) is 8.42 Å². The van der Waals surface area contributed by atoms with Crippen molar-refractivity contribution in [2.75, 3.05) is 11.0 Å². The molecule has 0 saturated heterocycles. The molecular weight excluding hydrogens is 328 g/mol. The fraction of sp³-hybridized carbons (Fsp3) is 0.111. The number of sulfonamides is 1. The average molecular weight is 335 g/mol. The van der Waals surface area contributed by atoms with Gasteiger partial charge in [0.25, 0.3) is 0 Å². The van der Waals surface area contributed by atoms with Gasteiger partial charge < -0.3 is 19.8 Å². The van der Waals surface area contributed by atoms with Crippen LogP contribution in [-0.4, -0.2) is 26.6 Å². The largest absolute Gasteiger partial charge is 1.00 e. The van der Waals surface area contributed by atoms with Crippen molar-refractivity contribution in [3.63, 3.8) is 0 Å². The molecule has 0 saturated carbocycles. The van der Waals surface area contributed by atoms with E-state index in [0.29, 0.717) is 0 Å². The summed E-state index contributed by atoms with van der Waals surface area (Å²) in [6.07, 6.45) is 0.845. The van der Waals surface area contributed by atoms with Gasteiger partial charge in [0.05, 0.1) is 18.2 Å². The van der Waals surface area contributed by atoms with Crippen molar-refractivity contribution in [1.82, 2.24) is 0 Å². The van der Waals surface area contributed by atoms with Crippen LogP contribution in [0.25, 0.3) is 0 Å². The van der Waals surface area contributed by atoms with Crippen LogP contribution in [0.1, 0.15) is 20.7 Å². The molecule has 0 radical (unpaired) electrons. The van der Waals surface area contributed by atoms with Gasteiger partial charge in [0.15, 0.2) is 0 Å². The molecule has 1 aromatic rings. The number of hydrogen-bond donors (Lipinski definition) is 1.